The summed E-state index contributed by atoms with van der Waals surface area (Å²) >= 11 is 0. The Hall–Kier alpha value is -0.860. The van der Waals surface area contributed by atoms with Gasteiger partial charge in [-0.3, -0.25) is 0 Å². The van der Waals surface area contributed by atoms with Crippen LogP contribution in [0.4, 0.5) is 0 Å². The van der Waals surface area contributed by atoms with Crippen molar-refractivity contribution >= 4 is 0 Å². The summed E-state index contributed by atoms with van der Waals surface area (Å²) in [5.41, 5.74) is 1.24. The summed E-state index contributed by atoms with van der Waals surface area (Å²) in [6.45, 7) is 7.03. The molecule has 0 fully saturated rings. The molecule has 0 aliphatic carbocycles. The molecule has 1 atom stereocenters. The molecule has 0 aliphatic rings. The summed E-state index contributed by atoms with van der Waals surface area (Å²) in [6.07, 6.45) is 1.39. The van der Waals surface area contributed by atoms with E-state index in [1.165, 1.54) is 5.56 Å². The summed E-state index contributed by atoms with van der Waals surface area (Å²) in [5.74, 6) is 0. The Bertz CT molecular complexity index is 248. The number of hydrogen-bond acceptors (Lipinski definition) is 2. The molecule has 1 N–H and O–H groups in total. The molecule has 0 aromatic heterocycles. The lowest BCUT2D eigenvalue weighted by atomic mass is 10.2. The van der Waals surface area contributed by atoms with Crippen LogP contribution in [0.2, 0.25) is 0 Å². The van der Waals surface area contributed by atoms with Crippen LogP contribution in [-0.4, -0.2) is 19.2 Å². The molecule has 0 amide bonds. The number of nitrogens with one attached hydrogen (secondary N) is 1. The van der Waals surface area contributed by atoms with Crippen LogP contribution in [0.25, 0.3) is 0 Å². The first-order chi connectivity index (χ1) is 7.33. The second-order valence-corrected chi connectivity index (χ2v) is 3.75. The van der Waals surface area contributed by atoms with E-state index in [0.29, 0.717) is 12.7 Å². The van der Waals surface area contributed by atoms with E-state index in [-0.39, 0.29) is 0 Å². The van der Waals surface area contributed by atoms with Crippen molar-refractivity contribution in [3.05, 3.63) is 35.9 Å². The van der Waals surface area contributed by atoms with Gasteiger partial charge in [0.15, 0.2) is 0 Å². The normalized spacial score (nSPS) is 12.7. The van der Waals surface area contributed by atoms with E-state index in [2.05, 4.69) is 31.3 Å². The molecule has 0 heterocycles. The van der Waals surface area contributed by atoms with Gasteiger partial charge in [-0.05, 0) is 32.0 Å². The fourth-order valence-corrected chi connectivity index (χ4v) is 1.38. The second kappa shape index (κ2) is 7.43. The van der Waals surface area contributed by atoms with E-state index < -0.39 is 0 Å². The van der Waals surface area contributed by atoms with Crippen molar-refractivity contribution in [1.29, 1.82) is 0 Å². The van der Waals surface area contributed by atoms with E-state index in [9.17, 15) is 0 Å². The summed E-state index contributed by atoms with van der Waals surface area (Å²) in [7, 11) is 0. The highest BCUT2D eigenvalue weighted by Crippen LogP contribution is 2.04. The van der Waals surface area contributed by atoms with E-state index >= 15 is 0 Å². The van der Waals surface area contributed by atoms with Crippen LogP contribution >= 0.6 is 0 Å². The Labute approximate surface area is 92.6 Å². The molecule has 0 spiro atoms. The average Bonchev–Trinajstić information content (AvgIpc) is 2.28. The van der Waals surface area contributed by atoms with Crippen molar-refractivity contribution in [3.63, 3.8) is 0 Å². The summed E-state index contributed by atoms with van der Waals surface area (Å²) in [5, 5.41) is 3.30. The van der Waals surface area contributed by atoms with Crippen LogP contribution in [0.1, 0.15) is 25.8 Å². The zero-order chi connectivity index (χ0) is 10.9. The largest absolute Gasteiger partial charge is 0.374 e. The molecule has 1 rings (SSSR count). The molecule has 1 aromatic rings. The molecule has 1 unspecified atom stereocenters. The molecule has 0 bridgehead atoms. The van der Waals surface area contributed by atoms with E-state index in [1.54, 1.807) is 0 Å². The molecule has 15 heavy (non-hydrogen) atoms. The highest BCUT2D eigenvalue weighted by molar-refractivity contribution is 5.13. The van der Waals surface area contributed by atoms with Gasteiger partial charge in [0.1, 0.15) is 0 Å². The third kappa shape index (κ3) is 5.55. The predicted molar refractivity (Wildman–Crippen MR) is 63.9 cm³/mol. The lowest BCUT2D eigenvalue weighted by Crippen LogP contribution is -2.20. The lowest BCUT2D eigenvalue weighted by molar-refractivity contribution is 0.0479. The van der Waals surface area contributed by atoms with Crippen molar-refractivity contribution in [1.82, 2.24) is 5.32 Å². The minimum absolute atomic E-state index is 0.323. The Kier molecular flexibility index (Phi) is 6.05. The molecule has 84 valence electrons. The maximum absolute atomic E-state index is 5.73. The van der Waals surface area contributed by atoms with Gasteiger partial charge in [0.05, 0.1) is 12.7 Å². The number of benzene rings is 1. The van der Waals surface area contributed by atoms with Gasteiger partial charge in [-0.15, -0.1) is 0 Å². The van der Waals surface area contributed by atoms with Crippen LogP contribution in [0.15, 0.2) is 30.3 Å². The van der Waals surface area contributed by atoms with Crippen LogP contribution < -0.4 is 5.32 Å². The first-order valence-corrected chi connectivity index (χ1v) is 5.69. The SMILES string of the molecule is CCNCCC(C)OCc1ccccc1. The van der Waals surface area contributed by atoms with Crippen molar-refractivity contribution in [2.75, 3.05) is 13.1 Å². The Morgan fingerprint density at radius 1 is 1.27 bits per heavy atom. The minimum atomic E-state index is 0.323. The fraction of sp³-hybridized carbons (Fsp3) is 0.538. The maximum atomic E-state index is 5.73. The number of hydrogen-bond donors (Lipinski definition) is 1. The van der Waals surface area contributed by atoms with Gasteiger partial charge in [-0.1, -0.05) is 37.3 Å². The molecule has 0 aliphatic heterocycles. The van der Waals surface area contributed by atoms with Crippen molar-refractivity contribution in [2.45, 2.75) is 33.0 Å². The van der Waals surface area contributed by atoms with E-state index in [4.69, 9.17) is 4.74 Å². The topological polar surface area (TPSA) is 21.3 Å². The molecule has 0 saturated heterocycles. The van der Waals surface area contributed by atoms with Crippen molar-refractivity contribution in [3.8, 4) is 0 Å². The Morgan fingerprint density at radius 2 is 2.00 bits per heavy atom. The predicted octanol–water partition coefficient (Wildman–Crippen LogP) is 2.59. The van der Waals surface area contributed by atoms with Gasteiger partial charge in [-0.25, -0.2) is 0 Å². The monoisotopic (exact) mass is 207 g/mol. The molecule has 2 heteroatoms. The lowest BCUT2D eigenvalue weighted by Gasteiger charge is -2.13. The summed E-state index contributed by atoms with van der Waals surface area (Å²) < 4.78 is 5.73. The molecule has 0 radical (unpaired) electrons. The van der Waals surface area contributed by atoms with Crippen LogP contribution in [-0.2, 0) is 11.3 Å². The second-order valence-electron chi connectivity index (χ2n) is 3.75. The third-order valence-electron chi connectivity index (χ3n) is 2.35. The molecule has 0 saturated carbocycles. The standard InChI is InChI=1S/C13H21NO/c1-3-14-10-9-12(2)15-11-13-7-5-4-6-8-13/h4-8,12,14H,3,9-11H2,1-2H3. The van der Waals surface area contributed by atoms with Crippen molar-refractivity contribution < 1.29 is 4.74 Å². The zero-order valence-corrected chi connectivity index (χ0v) is 9.70. The van der Waals surface area contributed by atoms with Gasteiger partial charge in [0, 0.05) is 0 Å². The van der Waals surface area contributed by atoms with Gasteiger partial charge in [0.25, 0.3) is 0 Å². The fourth-order valence-electron chi connectivity index (χ4n) is 1.38. The highest BCUT2D eigenvalue weighted by Gasteiger charge is 2.01. The molecular weight excluding hydrogens is 186 g/mol. The van der Waals surface area contributed by atoms with E-state index in [0.717, 1.165) is 19.5 Å². The zero-order valence-electron chi connectivity index (χ0n) is 9.70. The van der Waals surface area contributed by atoms with Gasteiger partial charge in [-0.2, -0.15) is 0 Å². The first-order valence-electron chi connectivity index (χ1n) is 5.69. The molecule has 1 aromatic carbocycles. The maximum Gasteiger partial charge on any atom is 0.0720 e. The number of rotatable bonds is 7. The summed E-state index contributed by atoms with van der Waals surface area (Å²) in [4.78, 5) is 0. The van der Waals surface area contributed by atoms with Gasteiger partial charge >= 0.3 is 0 Å². The van der Waals surface area contributed by atoms with Crippen LogP contribution in [0.5, 0.6) is 0 Å². The molecule has 2 nitrogen and oxygen atoms in total. The minimum Gasteiger partial charge on any atom is -0.374 e. The first kappa shape index (κ1) is 12.2. The average molecular weight is 207 g/mol. The third-order valence-corrected chi connectivity index (χ3v) is 2.35. The van der Waals surface area contributed by atoms with Gasteiger partial charge in [0.2, 0.25) is 0 Å². The van der Waals surface area contributed by atoms with E-state index in [1.807, 2.05) is 18.2 Å². The summed E-state index contributed by atoms with van der Waals surface area (Å²) in [6, 6.07) is 10.3. The van der Waals surface area contributed by atoms with Crippen LogP contribution in [0, 0.1) is 0 Å². The highest BCUT2D eigenvalue weighted by atomic mass is 16.5. The Balaban J connectivity index is 2.14. The smallest absolute Gasteiger partial charge is 0.0720 e. The van der Waals surface area contributed by atoms with Crippen molar-refractivity contribution in [2.24, 2.45) is 0 Å². The quantitative estimate of drug-likeness (QED) is 0.694. The number of ether oxygens (including phenoxy) is 1. The van der Waals surface area contributed by atoms with Crippen LogP contribution in [0.3, 0.4) is 0 Å². The Morgan fingerprint density at radius 3 is 2.67 bits per heavy atom. The van der Waals surface area contributed by atoms with Gasteiger partial charge < -0.3 is 10.1 Å². The molecular formula is C13H21NO.